The van der Waals surface area contributed by atoms with E-state index in [1.807, 2.05) is 48.1 Å². The van der Waals surface area contributed by atoms with Gasteiger partial charge in [-0.05, 0) is 25.7 Å². The molecular formula is C16H18N2O2. The van der Waals surface area contributed by atoms with Gasteiger partial charge in [0.1, 0.15) is 11.3 Å². The van der Waals surface area contributed by atoms with E-state index in [1.165, 1.54) is 12.8 Å². The molecule has 3 rings (SSSR count). The summed E-state index contributed by atoms with van der Waals surface area (Å²) in [6.07, 6.45) is 4.34. The van der Waals surface area contributed by atoms with Crippen LogP contribution in [0.3, 0.4) is 0 Å². The van der Waals surface area contributed by atoms with Gasteiger partial charge in [-0.15, -0.1) is 0 Å². The average molecular weight is 270 g/mol. The third-order valence-electron chi connectivity index (χ3n) is 3.45. The van der Waals surface area contributed by atoms with Gasteiger partial charge in [-0.3, -0.25) is 4.68 Å². The average Bonchev–Trinajstić information content (AvgIpc) is 3.17. The Balaban J connectivity index is 1.96. The summed E-state index contributed by atoms with van der Waals surface area (Å²) in [5.41, 5.74) is 2.22. The fourth-order valence-electron chi connectivity index (χ4n) is 2.25. The van der Waals surface area contributed by atoms with Crippen LogP contribution in [0.5, 0.6) is 0 Å². The molecule has 1 aliphatic rings. The molecule has 20 heavy (non-hydrogen) atoms. The highest BCUT2D eigenvalue weighted by molar-refractivity contribution is 5.95. The van der Waals surface area contributed by atoms with E-state index in [2.05, 4.69) is 5.10 Å². The van der Waals surface area contributed by atoms with Crippen molar-refractivity contribution in [2.24, 2.45) is 5.92 Å². The molecule has 1 saturated carbocycles. The number of ether oxygens (including phenoxy) is 1. The smallest absolute Gasteiger partial charge is 0.341 e. The van der Waals surface area contributed by atoms with Gasteiger partial charge in [-0.25, -0.2) is 4.79 Å². The number of carbonyl (C=O) groups is 1. The van der Waals surface area contributed by atoms with E-state index in [9.17, 15) is 4.79 Å². The van der Waals surface area contributed by atoms with Crippen LogP contribution in [0.1, 0.15) is 30.1 Å². The number of hydrogen-bond acceptors (Lipinski definition) is 3. The monoisotopic (exact) mass is 270 g/mol. The summed E-state index contributed by atoms with van der Waals surface area (Å²) in [7, 11) is 0. The Morgan fingerprint density at radius 2 is 2.10 bits per heavy atom. The lowest BCUT2D eigenvalue weighted by atomic mass is 10.1. The van der Waals surface area contributed by atoms with Crippen LogP contribution in [-0.2, 0) is 11.3 Å². The second-order valence-electron chi connectivity index (χ2n) is 5.14. The van der Waals surface area contributed by atoms with Gasteiger partial charge < -0.3 is 4.74 Å². The van der Waals surface area contributed by atoms with E-state index in [-0.39, 0.29) is 5.97 Å². The first-order valence-corrected chi connectivity index (χ1v) is 7.08. The molecule has 104 valence electrons. The van der Waals surface area contributed by atoms with Crippen LogP contribution in [-0.4, -0.2) is 22.4 Å². The minimum Gasteiger partial charge on any atom is -0.462 e. The van der Waals surface area contributed by atoms with Crippen molar-refractivity contribution in [2.45, 2.75) is 26.3 Å². The first-order chi connectivity index (χ1) is 9.78. The number of nitrogens with zero attached hydrogens (tertiary/aromatic N) is 2. The van der Waals surface area contributed by atoms with Crippen molar-refractivity contribution in [1.82, 2.24) is 9.78 Å². The zero-order valence-electron chi connectivity index (χ0n) is 11.6. The van der Waals surface area contributed by atoms with Crippen molar-refractivity contribution in [3.8, 4) is 11.3 Å². The third kappa shape index (κ3) is 2.74. The summed E-state index contributed by atoms with van der Waals surface area (Å²) >= 11 is 0. The number of hydrogen-bond donors (Lipinski definition) is 0. The lowest BCUT2D eigenvalue weighted by Crippen LogP contribution is -2.05. The summed E-state index contributed by atoms with van der Waals surface area (Å²) in [5.74, 6) is 0.418. The maximum absolute atomic E-state index is 12.1. The molecule has 0 bridgehead atoms. The molecule has 1 aromatic carbocycles. The Kier molecular flexibility index (Phi) is 3.54. The van der Waals surface area contributed by atoms with E-state index in [0.717, 1.165) is 12.1 Å². The summed E-state index contributed by atoms with van der Waals surface area (Å²) in [5, 5.41) is 4.58. The fourth-order valence-corrected chi connectivity index (χ4v) is 2.25. The van der Waals surface area contributed by atoms with Crippen molar-refractivity contribution >= 4 is 5.97 Å². The minimum absolute atomic E-state index is 0.298. The van der Waals surface area contributed by atoms with Crippen LogP contribution < -0.4 is 0 Å². The van der Waals surface area contributed by atoms with Gasteiger partial charge in [0.25, 0.3) is 0 Å². The second kappa shape index (κ2) is 5.49. The highest BCUT2D eigenvalue weighted by Gasteiger charge is 2.24. The topological polar surface area (TPSA) is 44.1 Å². The number of aromatic nitrogens is 2. The van der Waals surface area contributed by atoms with Crippen molar-refractivity contribution in [3.05, 3.63) is 42.1 Å². The van der Waals surface area contributed by atoms with Gasteiger partial charge in [-0.1, -0.05) is 30.3 Å². The molecular weight excluding hydrogens is 252 g/mol. The van der Waals surface area contributed by atoms with Crippen LogP contribution in [0, 0.1) is 5.92 Å². The maximum atomic E-state index is 12.1. The summed E-state index contributed by atoms with van der Waals surface area (Å²) < 4.78 is 7.01. The third-order valence-corrected chi connectivity index (χ3v) is 3.45. The van der Waals surface area contributed by atoms with Crippen molar-refractivity contribution in [2.75, 3.05) is 6.61 Å². The standard InChI is InChI=1S/C16H18N2O2/c1-2-20-16(19)14-11-18(10-12-8-9-12)17-15(14)13-6-4-3-5-7-13/h3-7,11-12H,2,8-10H2,1H3. The molecule has 1 aliphatic carbocycles. The van der Waals surface area contributed by atoms with E-state index < -0.39 is 0 Å². The lowest BCUT2D eigenvalue weighted by Gasteiger charge is -2.01. The lowest BCUT2D eigenvalue weighted by molar-refractivity contribution is 0.0527. The Bertz CT molecular complexity index is 600. The van der Waals surface area contributed by atoms with Gasteiger partial charge in [0.2, 0.25) is 0 Å². The molecule has 0 saturated heterocycles. The number of esters is 1. The van der Waals surface area contributed by atoms with Gasteiger partial charge in [0.05, 0.1) is 6.61 Å². The Morgan fingerprint density at radius 3 is 2.75 bits per heavy atom. The van der Waals surface area contributed by atoms with E-state index >= 15 is 0 Å². The molecule has 4 nitrogen and oxygen atoms in total. The summed E-state index contributed by atoms with van der Waals surface area (Å²) in [4.78, 5) is 12.1. The van der Waals surface area contributed by atoms with Crippen LogP contribution >= 0.6 is 0 Å². The van der Waals surface area contributed by atoms with Crippen molar-refractivity contribution in [3.63, 3.8) is 0 Å². The SMILES string of the molecule is CCOC(=O)c1cn(CC2CC2)nc1-c1ccccc1. The van der Waals surface area contributed by atoms with E-state index in [1.54, 1.807) is 0 Å². The van der Waals surface area contributed by atoms with Crippen LogP contribution in [0.15, 0.2) is 36.5 Å². The second-order valence-corrected chi connectivity index (χ2v) is 5.14. The molecule has 0 aliphatic heterocycles. The molecule has 0 spiro atoms. The fraction of sp³-hybridized carbons (Fsp3) is 0.375. The first kappa shape index (κ1) is 12.9. The largest absolute Gasteiger partial charge is 0.462 e. The van der Waals surface area contributed by atoms with E-state index in [4.69, 9.17) is 4.74 Å². The van der Waals surface area contributed by atoms with Gasteiger partial charge in [-0.2, -0.15) is 5.10 Å². The molecule has 1 heterocycles. The number of benzene rings is 1. The minimum atomic E-state index is -0.298. The van der Waals surface area contributed by atoms with Crippen LogP contribution in [0.4, 0.5) is 0 Å². The summed E-state index contributed by atoms with van der Waals surface area (Å²) in [6.45, 7) is 3.08. The predicted molar refractivity (Wildman–Crippen MR) is 76.3 cm³/mol. The van der Waals surface area contributed by atoms with Gasteiger partial charge >= 0.3 is 5.97 Å². The molecule has 0 atom stereocenters. The highest BCUT2D eigenvalue weighted by Crippen LogP contribution is 2.31. The predicted octanol–water partition coefficient (Wildman–Crippen LogP) is 3.14. The Morgan fingerprint density at radius 1 is 1.35 bits per heavy atom. The zero-order valence-corrected chi connectivity index (χ0v) is 11.6. The first-order valence-electron chi connectivity index (χ1n) is 7.08. The molecule has 2 aromatic rings. The summed E-state index contributed by atoms with van der Waals surface area (Å²) in [6, 6.07) is 9.78. The van der Waals surface area contributed by atoms with E-state index in [0.29, 0.717) is 23.8 Å². The van der Waals surface area contributed by atoms with Crippen LogP contribution in [0.25, 0.3) is 11.3 Å². The normalized spacial score (nSPS) is 14.2. The van der Waals surface area contributed by atoms with Crippen molar-refractivity contribution in [1.29, 1.82) is 0 Å². The molecule has 0 amide bonds. The number of carbonyl (C=O) groups excluding carboxylic acids is 1. The number of rotatable bonds is 5. The zero-order chi connectivity index (χ0) is 13.9. The van der Waals surface area contributed by atoms with Gasteiger partial charge in [0.15, 0.2) is 0 Å². The Labute approximate surface area is 118 Å². The Hall–Kier alpha value is -2.10. The van der Waals surface area contributed by atoms with Crippen molar-refractivity contribution < 1.29 is 9.53 Å². The molecule has 1 fully saturated rings. The highest BCUT2D eigenvalue weighted by atomic mass is 16.5. The molecule has 0 N–H and O–H groups in total. The molecule has 1 aromatic heterocycles. The van der Waals surface area contributed by atoms with Gasteiger partial charge in [0, 0.05) is 18.3 Å². The molecule has 0 radical (unpaired) electrons. The quantitative estimate of drug-likeness (QED) is 0.784. The molecule has 0 unspecified atom stereocenters. The maximum Gasteiger partial charge on any atom is 0.341 e. The molecule has 4 heteroatoms. The van der Waals surface area contributed by atoms with Crippen LogP contribution in [0.2, 0.25) is 0 Å².